The number of likely N-dealkylation sites (N-methyl/N-ethyl adjacent to an activating group) is 1. The second-order valence-corrected chi connectivity index (χ2v) is 6.92. The summed E-state index contributed by atoms with van der Waals surface area (Å²) < 4.78 is 0. The van der Waals surface area contributed by atoms with E-state index in [9.17, 15) is 4.79 Å². The number of aromatic nitrogens is 1. The van der Waals surface area contributed by atoms with Gasteiger partial charge in [-0.2, -0.15) is 0 Å². The first-order valence-corrected chi connectivity index (χ1v) is 9.20. The van der Waals surface area contributed by atoms with Gasteiger partial charge in [0.2, 0.25) is 0 Å². The minimum absolute atomic E-state index is 0.0784. The molecule has 1 saturated heterocycles. The van der Waals surface area contributed by atoms with E-state index in [2.05, 4.69) is 17.1 Å². The SMILES string of the molecule is CCN1CCC[C@H]1CNC(=O)c1c2c(nc3ccccc13)CCC2. The van der Waals surface area contributed by atoms with Crippen molar-refractivity contribution in [3.8, 4) is 0 Å². The Kier molecular flexibility index (Phi) is 4.23. The maximum absolute atomic E-state index is 13.0. The third-order valence-corrected chi connectivity index (χ3v) is 5.55. The average molecular weight is 323 g/mol. The van der Waals surface area contributed by atoms with E-state index in [0.29, 0.717) is 6.04 Å². The number of hydrogen-bond acceptors (Lipinski definition) is 3. The molecule has 4 nitrogen and oxygen atoms in total. The van der Waals surface area contributed by atoms with Crippen LogP contribution in [0.3, 0.4) is 0 Å². The zero-order valence-corrected chi connectivity index (χ0v) is 14.3. The van der Waals surface area contributed by atoms with Gasteiger partial charge < -0.3 is 5.32 Å². The monoisotopic (exact) mass is 323 g/mol. The molecule has 24 heavy (non-hydrogen) atoms. The molecule has 0 bridgehead atoms. The lowest BCUT2D eigenvalue weighted by Crippen LogP contribution is -2.40. The van der Waals surface area contributed by atoms with E-state index >= 15 is 0 Å². The molecule has 2 aliphatic rings. The van der Waals surface area contributed by atoms with Crippen LogP contribution in [-0.4, -0.2) is 41.5 Å². The summed E-state index contributed by atoms with van der Waals surface area (Å²) in [5.74, 6) is 0.0784. The number of carbonyl (C=O) groups excluding carboxylic acids is 1. The Morgan fingerprint density at radius 2 is 2.17 bits per heavy atom. The van der Waals surface area contributed by atoms with Crippen LogP contribution in [0.4, 0.5) is 0 Å². The highest BCUT2D eigenvalue weighted by Gasteiger charge is 2.26. The third-order valence-electron chi connectivity index (χ3n) is 5.55. The molecule has 1 N–H and O–H groups in total. The normalized spacial score (nSPS) is 20.5. The molecule has 0 saturated carbocycles. The van der Waals surface area contributed by atoms with E-state index in [4.69, 9.17) is 4.98 Å². The van der Waals surface area contributed by atoms with Crippen molar-refractivity contribution in [2.45, 2.75) is 45.1 Å². The lowest BCUT2D eigenvalue weighted by Gasteiger charge is -2.23. The standard InChI is InChI=1S/C20H25N3O/c1-2-23-12-6-7-14(23)13-21-20(24)19-15-8-3-4-10-17(15)22-18-11-5-9-16(18)19/h3-4,8,10,14H,2,5-7,9,11-13H2,1H3,(H,21,24)/t14-/m0/s1. The Labute approximate surface area is 143 Å². The Balaban J connectivity index is 1.62. The van der Waals surface area contributed by atoms with Crippen LogP contribution in [0.2, 0.25) is 0 Å². The number of carbonyl (C=O) groups is 1. The lowest BCUT2D eigenvalue weighted by molar-refractivity contribution is 0.0942. The molecule has 1 aliphatic heterocycles. The summed E-state index contributed by atoms with van der Waals surface area (Å²) in [6.07, 6.45) is 5.49. The van der Waals surface area contributed by atoms with E-state index in [-0.39, 0.29) is 5.91 Å². The number of benzene rings is 1. The number of likely N-dealkylation sites (tertiary alicyclic amines) is 1. The van der Waals surface area contributed by atoms with Crippen LogP contribution >= 0.6 is 0 Å². The summed E-state index contributed by atoms with van der Waals surface area (Å²) in [5, 5.41) is 4.21. The maximum Gasteiger partial charge on any atom is 0.252 e. The Hall–Kier alpha value is -1.94. The van der Waals surface area contributed by atoms with Gasteiger partial charge in [0.1, 0.15) is 0 Å². The van der Waals surface area contributed by atoms with Gasteiger partial charge in [0.25, 0.3) is 5.91 Å². The second kappa shape index (κ2) is 6.52. The molecule has 1 amide bonds. The summed E-state index contributed by atoms with van der Waals surface area (Å²) >= 11 is 0. The van der Waals surface area contributed by atoms with Gasteiger partial charge in [-0.15, -0.1) is 0 Å². The van der Waals surface area contributed by atoms with Crippen molar-refractivity contribution in [3.05, 3.63) is 41.1 Å². The van der Waals surface area contributed by atoms with Gasteiger partial charge in [-0.3, -0.25) is 14.7 Å². The fourth-order valence-electron chi connectivity index (χ4n) is 4.31. The van der Waals surface area contributed by atoms with Gasteiger partial charge in [0, 0.05) is 23.7 Å². The summed E-state index contributed by atoms with van der Waals surface area (Å²) in [4.78, 5) is 20.3. The molecule has 4 rings (SSSR count). The molecule has 0 spiro atoms. The van der Waals surface area contributed by atoms with Crippen molar-refractivity contribution < 1.29 is 4.79 Å². The zero-order valence-electron chi connectivity index (χ0n) is 14.3. The van der Waals surface area contributed by atoms with Crippen molar-refractivity contribution in [1.82, 2.24) is 15.2 Å². The van der Waals surface area contributed by atoms with Gasteiger partial charge in [-0.25, -0.2) is 0 Å². The number of nitrogens with zero attached hydrogens (tertiary/aromatic N) is 2. The Morgan fingerprint density at radius 3 is 3.04 bits per heavy atom. The fraction of sp³-hybridized carbons (Fsp3) is 0.500. The van der Waals surface area contributed by atoms with Crippen LogP contribution in [-0.2, 0) is 12.8 Å². The van der Waals surface area contributed by atoms with Crippen LogP contribution in [0.25, 0.3) is 10.9 Å². The first kappa shape index (κ1) is 15.6. The van der Waals surface area contributed by atoms with Crippen LogP contribution in [0.1, 0.15) is 47.8 Å². The van der Waals surface area contributed by atoms with Crippen LogP contribution in [0.15, 0.2) is 24.3 Å². The topological polar surface area (TPSA) is 45.2 Å². The fourth-order valence-corrected chi connectivity index (χ4v) is 4.31. The number of rotatable bonds is 4. The molecule has 1 atom stereocenters. The van der Waals surface area contributed by atoms with Crippen molar-refractivity contribution in [3.63, 3.8) is 0 Å². The number of aryl methyl sites for hydroxylation is 1. The van der Waals surface area contributed by atoms with E-state index in [1.807, 2.05) is 24.3 Å². The minimum Gasteiger partial charge on any atom is -0.350 e. The number of hydrogen-bond donors (Lipinski definition) is 1. The number of para-hydroxylation sites is 1. The van der Waals surface area contributed by atoms with Gasteiger partial charge in [0.15, 0.2) is 0 Å². The Morgan fingerprint density at radius 1 is 1.29 bits per heavy atom. The van der Waals surface area contributed by atoms with Crippen molar-refractivity contribution in [2.24, 2.45) is 0 Å². The molecule has 126 valence electrons. The number of pyridine rings is 1. The molecular weight excluding hydrogens is 298 g/mol. The van der Waals surface area contributed by atoms with E-state index in [0.717, 1.165) is 61.1 Å². The van der Waals surface area contributed by atoms with Crippen LogP contribution in [0.5, 0.6) is 0 Å². The summed E-state index contributed by atoms with van der Waals surface area (Å²) in [7, 11) is 0. The molecule has 0 unspecified atom stereocenters. The smallest absolute Gasteiger partial charge is 0.252 e. The predicted molar refractivity (Wildman–Crippen MR) is 96.4 cm³/mol. The number of fused-ring (bicyclic) bond motifs is 2. The highest BCUT2D eigenvalue weighted by atomic mass is 16.1. The van der Waals surface area contributed by atoms with E-state index in [1.54, 1.807) is 0 Å². The molecule has 4 heteroatoms. The van der Waals surface area contributed by atoms with Gasteiger partial charge in [0.05, 0.1) is 11.1 Å². The van der Waals surface area contributed by atoms with Crippen molar-refractivity contribution >= 4 is 16.8 Å². The highest BCUT2D eigenvalue weighted by molar-refractivity contribution is 6.07. The first-order chi connectivity index (χ1) is 11.8. The van der Waals surface area contributed by atoms with Crippen LogP contribution < -0.4 is 5.32 Å². The molecular formula is C20H25N3O. The largest absolute Gasteiger partial charge is 0.350 e. The van der Waals surface area contributed by atoms with Gasteiger partial charge in [-0.1, -0.05) is 25.1 Å². The zero-order chi connectivity index (χ0) is 16.5. The molecule has 1 aliphatic carbocycles. The van der Waals surface area contributed by atoms with Gasteiger partial charge >= 0.3 is 0 Å². The molecule has 2 aromatic rings. The van der Waals surface area contributed by atoms with Crippen molar-refractivity contribution in [1.29, 1.82) is 0 Å². The van der Waals surface area contributed by atoms with Crippen molar-refractivity contribution in [2.75, 3.05) is 19.6 Å². The molecule has 1 aromatic carbocycles. The molecule has 1 fully saturated rings. The van der Waals surface area contributed by atoms with Crippen LogP contribution in [0, 0.1) is 0 Å². The summed E-state index contributed by atoms with van der Waals surface area (Å²) in [5.41, 5.74) is 4.10. The van der Waals surface area contributed by atoms with E-state index in [1.165, 1.54) is 18.4 Å². The Bertz CT molecular complexity index is 771. The average Bonchev–Trinajstić information content (AvgIpc) is 3.25. The first-order valence-electron chi connectivity index (χ1n) is 9.20. The summed E-state index contributed by atoms with van der Waals surface area (Å²) in [6, 6.07) is 8.53. The quantitative estimate of drug-likeness (QED) is 0.941. The predicted octanol–water partition coefficient (Wildman–Crippen LogP) is 2.94. The summed E-state index contributed by atoms with van der Waals surface area (Å²) in [6.45, 7) is 5.17. The highest BCUT2D eigenvalue weighted by Crippen LogP contribution is 2.30. The minimum atomic E-state index is 0.0784. The number of nitrogens with one attached hydrogen (secondary N) is 1. The molecule has 2 heterocycles. The second-order valence-electron chi connectivity index (χ2n) is 6.92. The molecule has 0 radical (unpaired) electrons. The third kappa shape index (κ3) is 2.69. The number of amides is 1. The molecule has 1 aromatic heterocycles. The van der Waals surface area contributed by atoms with Gasteiger partial charge in [-0.05, 0) is 56.8 Å². The maximum atomic E-state index is 13.0. The van der Waals surface area contributed by atoms with E-state index < -0.39 is 0 Å². The lowest BCUT2D eigenvalue weighted by atomic mass is 10.0.